The molecular formula is C16H19ClN6. The third kappa shape index (κ3) is 3.07. The summed E-state index contributed by atoms with van der Waals surface area (Å²) >= 11 is 6.20. The van der Waals surface area contributed by atoms with E-state index in [1.165, 1.54) is 5.69 Å². The van der Waals surface area contributed by atoms with Crippen molar-refractivity contribution in [2.45, 2.75) is 20.4 Å². The number of benzene rings is 1. The van der Waals surface area contributed by atoms with Crippen molar-refractivity contribution in [1.29, 1.82) is 0 Å². The zero-order valence-corrected chi connectivity index (χ0v) is 14.4. The molecule has 0 aliphatic carbocycles. The zero-order chi connectivity index (χ0) is 16.6. The van der Waals surface area contributed by atoms with Gasteiger partial charge in [-0.2, -0.15) is 9.50 Å². The summed E-state index contributed by atoms with van der Waals surface area (Å²) in [7, 11) is 4.05. The molecule has 2 heterocycles. The zero-order valence-electron chi connectivity index (χ0n) is 13.6. The lowest BCUT2D eigenvalue weighted by molar-refractivity contribution is 0.883. The van der Waals surface area contributed by atoms with E-state index in [1.807, 2.05) is 27.9 Å². The van der Waals surface area contributed by atoms with Crippen LogP contribution in [0.1, 0.15) is 17.0 Å². The Morgan fingerprint density at radius 3 is 2.48 bits per heavy atom. The fraction of sp³-hybridized carbons (Fsp3) is 0.312. The van der Waals surface area contributed by atoms with E-state index in [0.29, 0.717) is 23.3 Å². The molecule has 0 amide bonds. The standard InChI is InChI=1S/C16H19ClN6/c1-10-14(17)11(2)23-16(19-10)20-15(21-23)18-9-12-5-7-13(8-6-12)22(3)4/h5-8H,9H2,1-4H3,(H,18,21). The van der Waals surface area contributed by atoms with Crippen molar-refractivity contribution in [3.8, 4) is 0 Å². The first kappa shape index (κ1) is 15.6. The normalized spacial score (nSPS) is 11.0. The van der Waals surface area contributed by atoms with E-state index >= 15 is 0 Å². The molecule has 1 aromatic carbocycles. The minimum absolute atomic E-state index is 0.541. The highest BCUT2D eigenvalue weighted by Gasteiger charge is 2.11. The SMILES string of the molecule is Cc1nc2nc(NCc3ccc(N(C)C)cc3)nn2c(C)c1Cl. The largest absolute Gasteiger partial charge is 0.378 e. The smallest absolute Gasteiger partial charge is 0.254 e. The van der Waals surface area contributed by atoms with Crippen LogP contribution in [-0.4, -0.2) is 33.7 Å². The quantitative estimate of drug-likeness (QED) is 0.796. The van der Waals surface area contributed by atoms with Gasteiger partial charge in [0.2, 0.25) is 5.95 Å². The topological polar surface area (TPSA) is 58.4 Å². The molecule has 0 fully saturated rings. The van der Waals surface area contributed by atoms with E-state index in [0.717, 1.165) is 17.0 Å². The van der Waals surface area contributed by atoms with Crippen LogP contribution in [0.15, 0.2) is 24.3 Å². The number of nitrogens with one attached hydrogen (secondary N) is 1. The maximum atomic E-state index is 6.20. The Kier molecular flexibility index (Phi) is 4.09. The van der Waals surface area contributed by atoms with E-state index < -0.39 is 0 Å². The van der Waals surface area contributed by atoms with Crippen LogP contribution in [0.5, 0.6) is 0 Å². The van der Waals surface area contributed by atoms with Gasteiger partial charge in [-0.25, -0.2) is 4.98 Å². The predicted molar refractivity (Wildman–Crippen MR) is 93.4 cm³/mol. The molecule has 0 saturated heterocycles. The fourth-order valence-electron chi connectivity index (χ4n) is 2.32. The second-order valence-corrected chi connectivity index (χ2v) is 6.04. The van der Waals surface area contributed by atoms with Crippen molar-refractivity contribution < 1.29 is 0 Å². The van der Waals surface area contributed by atoms with E-state index in [9.17, 15) is 0 Å². The number of hydrogen-bond donors (Lipinski definition) is 1. The number of anilines is 2. The first-order valence-corrected chi connectivity index (χ1v) is 7.73. The molecule has 0 saturated carbocycles. The molecule has 0 spiro atoms. The Morgan fingerprint density at radius 2 is 1.83 bits per heavy atom. The van der Waals surface area contributed by atoms with E-state index in [4.69, 9.17) is 11.6 Å². The van der Waals surface area contributed by atoms with E-state index in [1.54, 1.807) is 4.52 Å². The number of nitrogens with zero attached hydrogens (tertiary/aromatic N) is 5. The average molecular weight is 331 g/mol. The minimum atomic E-state index is 0.541. The number of aryl methyl sites for hydroxylation is 2. The molecule has 0 unspecified atom stereocenters. The highest BCUT2D eigenvalue weighted by atomic mass is 35.5. The molecule has 120 valence electrons. The average Bonchev–Trinajstić information content (AvgIpc) is 2.94. The second-order valence-electron chi connectivity index (χ2n) is 5.66. The Balaban J connectivity index is 1.78. The van der Waals surface area contributed by atoms with Crippen LogP contribution >= 0.6 is 11.6 Å². The summed E-state index contributed by atoms with van der Waals surface area (Å²) in [6.45, 7) is 4.42. The van der Waals surface area contributed by atoms with Gasteiger partial charge in [0, 0.05) is 26.3 Å². The van der Waals surface area contributed by atoms with Crippen LogP contribution in [0.3, 0.4) is 0 Å². The third-order valence-electron chi connectivity index (χ3n) is 3.71. The van der Waals surface area contributed by atoms with Crippen LogP contribution in [0, 0.1) is 13.8 Å². The molecular weight excluding hydrogens is 312 g/mol. The minimum Gasteiger partial charge on any atom is -0.378 e. The molecule has 23 heavy (non-hydrogen) atoms. The summed E-state index contributed by atoms with van der Waals surface area (Å²) < 4.78 is 1.66. The summed E-state index contributed by atoms with van der Waals surface area (Å²) in [5, 5.41) is 8.26. The van der Waals surface area contributed by atoms with Crippen molar-refractivity contribution in [2.24, 2.45) is 0 Å². The highest BCUT2D eigenvalue weighted by molar-refractivity contribution is 6.31. The summed E-state index contributed by atoms with van der Waals surface area (Å²) in [6.07, 6.45) is 0. The molecule has 0 aliphatic rings. The number of hydrogen-bond acceptors (Lipinski definition) is 5. The first-order valence-electron chi connectivity index (χ1n) is 7.35. The van der Waals surface area contributed by atoms with Crippen LogP contribution < -0.4 is 10.2 Å². The third-order valence-corrected chi connectivity index (χ3v) is 4.26. The van der Waals surface area contributed by atoms with Gasteiger partial charge in [-0.1, -0.05) is 23.7 Å². The van der Waals surface area contributed by atoms with E-state index in [2.05, 4.69) is 49.5 Å². The Bertz CT molecular complexity index is 838. The monoisotopic (exact) mass is 330 g/mol. The highest BCUT2D eigenvalue weighted by Crippen LogP contribution is 2.20. The first-order chi connectivity index (χ1) is 11.0. The summed E-state index contributed by atoms with van der Waals surface area (Å²) in [6, 6.07) is 8.34. The molecule has 0 bridgehead atoms. The van der Waals surface area contributed by atoms with Gasteiger partial charge < -0.3 is 10.2 Å². The van der Waals surface area contributed by atoms with E-state index in [-0.39, 0.29) is 0 Å². The fourth-order valence-corrected chi connectivity index (χ4v) is 2.45. The summed E-state index contributed by atoms with van der Waals surface area (Å²) in [4.78, 5) is 10.8. The van der Waals surface area contributed by atoms with Gasteiger partial charge in [-0.05, 0) is 31.5 Å². The van der Waals surface area contributed by atoms with Crippen LogP contribution in [-0.2, 0) is 6.54 Å². The van der Waals surface area contributed by atoms with Crippen molar-refractivity contribution in [2.75, 3.05) is 24.3 Å². The van der Waals surface area contributed by atoms with Gasteiger partial charge in [0.05, 0.1) is 16.4 Å². The lowest BCUT2D eigenvalue weighted by Crippen LogP contribution is -2.08. The van der Waals surface area contributed by atoms with Gasteiger partial charge >= 0.3 is 0 Å². The lowest BCUT2D eigenvalue weighted by atomic mass is 10.2. The number of aromatic nitrogens is 4. The molecule has 2 aromatic heterocycles. The van der Waals surface area contributed by atoms with Gasteiger partial charge in [0.25, 0.3) is 5.78 Å². The number of rotatable bonds is 4. The molecule has 3 rings (SSSR count). The lowest BCUT2D eigenvalue weighted by Gasteiger charge is -2.12. The maximum Gasteiger partial charge on any atom is 0.254 e. The Morgan fingerprint density at radius 1 is 1.13 bits per heavy atom. The predicted octanol–water partition coefficient (Wildman–Crippen LogP) is 3.07. The number of halogens is 1. The summed E-state index contributed by atoms with van der Waals surface area (Å²) in [5.74, 6) is 1.09. The van der Waals surface area contributed by atoms with Gasteiger partial charge in [-0.15, -0.1) is 5.10 Å². The Hall–Kier alpha value is -2.34. The molecule has 1 N–H and O–H groups in total. The van der Waals surface area contributed by atoms with Gasteiger partial charge in [0.15, 0.2) is 0 Å². The van der Waals surface area contributed by atoms with Crippen LogP contribution in [0.4, 0.5) is 11.6 Å². The molecule has 0 aliphatic heterocycles. The van der Waals surface area contributed by atoms with Crippen molar-refractivity contribution in [3.05, 3.63) is 46.2 Å². The second kappa shape index (κ2) is 6.04. The summed E-state index contributed by atoms with van der Waals surface area (Å²) in [5.41, 5.74) is 3.93. The maximum absolute atomic E-state index is 6.20. The van der Waals surface area contributed by atoms with Crippen LogP contribution in [0.25, 0.3) is 5.78 Å². The van der Waals surface area contributed by atoms with Crippen LogP contribution in [0.2, 0.25) is 5.02 Å². The number of fused-ring (bicyclic) bond motifs is 1. The molecule has 7 heteroatoms. The van der Waals surface area contributed by atoms with Gasteiger partial charge in [0.1, 0.15) is 0 Å². The van der Waals surface area contributed by atoms with Gasteiger partial charge in [-0.3, -0.25) is 0 Å². The van der Waals surface area contributed by atoms with Crippen molar-refractivity contribution in [3.63, 3.8) is 0 Å². The Labute approximate surface area is 140 Å². The van der Waals surface area contributed by atoms with Crippen molar-refractivity contribution >= 4 is 29.0 Å². The molecule has 3 aromatic rings. The molecule has 0 atom stereocenters. The van der Waals surface area contributed by atoms with Crippen molar-refractivity contribution in [1.82, 2.24) is 19.6 Å². The molecule has 0 radical (unpaired) electrons. The molecule has 6 nitrogen and oxygen atoms in total.